The molecule has 4 aromatic carbocycles. The van der Waals surface area contributed by atoms with Crippen molar-refractivity contribution in [1.82, 2.24) is 36.1 Å². The molecule has 8 aromatic rings. The summed E-state index contributed by atoms with van der Waals surface area (Å²) >= 11 is 0. The number of anilines is 6. The van der Waals surface area contributed by atoms with Crippen LogP contribution < -0.4 is 41.8 Å². The van der Waals surface area contributed by atoms with Gasteiger partial charge in [0.1, 0.15) is 28.7 Å². The maximum absolute atomic E-state index is 11.3. The van der Waals surface area contributed by atoms with Gasteiger partial charge in [-0.1, -0.05) is 24.3 Å². The minimum Gasteiger partial charge on any atom is -0.477 e. The monoisotopic (exact) mass is 980 g/mol. The van der Waals surface area contributed by atoms with Gasteiger partial charge < -0.3 is 61.8 Å². The second-order valence-electron chi connectivity index (χ2n) is 15.1. The van der Waals surface area contributed by atoms with E-state index in [0.717, 1.165) is 70.7 Å². The van der Waals surface area contributed by atoms with Crippen LogP contribution in [0.3, 0.4) is 0 Å². The normalized spacial score (nSPS) is 12.8. The van der Waals surface area contributed by atoms with Gasteiger partial charge in [-0.3, -0.25) is 9.78 Å². The number of carbonyl (C=O) groups excluding carboxylic acids is 1. The van der Waals surface area contributed by atoms with Crippen LogP contribution in [-0.4, -0.2) is 112 Å². The van der Waals surface area contributed by atoms with Crippen LogP contribution in [0.1, 0.15) is 21.0 Å². The van der Waals surface area contributed by atoms with Crippen molar-refractivity contribution in [1.29, 1.82) is 0 Å². The van der Waals surface area contributed by atoms with Gasteiger partial charge in [0.2, 0.25) is 11.9 Å². The molecule has 1 atom stereocenters. The summed E-state index contributed by atoms with van der Waals surface area (Å²) in [4.78, 5) is 53.0. The Balaban J connectivity index is 0.000000215. The van der Waals surface area contributed by atoms with E-state index in [1.165, 1.54) is 24.5 Å². The molecule has 2 saturated heterocycles. The van der Waals surface area contributed by atoms with E-state index in [0.29, 0.717) is 68.2 Å². The molecule has 2 aliphatic heterocycles. The Morgan fingerprint density at radius 3 is 1.46 bits per heavy atom. The number of hydrogen-bond donors (Lipinski definition) is 5. The number of nitrogens with one attached hydrogen (secondary N) is 2. The van der Waals surface area contributed by atoms with Gasteiger partial charge in [-0.15, -0.1) is 0 Å². The van der Waals surface area contributed by atoms with Crippen molar-refractivity contribution in [2.24, 2.45) is 5.73 Å². The molecule has 71 heavy (non-hydrogen) atoms. The first kappa shape index (κ1) is 52.1. The Morgan fingerprint density at radius 1 is 0.620 bits per heavy atom. The number of morpholine rings is 2. The number of nitrogens with two attached hydrogens (primary N) is 1. The van der Waals surface area contributed by atoms with Gasteiger partial charge in [-0.05, 0) is 72.8 Å². The molecule has 10 rings (SSSR count). The van der Waals surface area contributed by atoms with Crippen molar-refractivity contribution in [3.63, 3.8) is 0 Å². The number of ether oxygens (including phenoxy) is 4. The second-order valence-corrected chi connectivity index (χ2v) is 15.3. The number of fused-ring (bicyclic) bond motifs is 2. The number of rotatable bonds is 12. The maximum Gasteiger partial charge on any atom is 0.354 e. The summed E-state index contributed by atoms with van der Waals surface area (Å²) < 4.78 is 31.4. The van der Waals surface area contributed by atoms with Crippen molar-refractivity contribution in [3.8, 4) is 23.0 Å². The van der Waals surface area contributed by atoms with Crippen molar-refractivity contribution in [2.45, 2.75) is 0 Å². The molecule has 2 aliphatic rings. The maximum atomic E-state index is 11.3. The molecule has 1 unspecified atom stereocenters. The molecule has 0 spiro atoms. The van der Waals surface area contributed by atoms with Gasteiger partial charge in [0.25, 0.3) is 5.91 Å². The summed E-state index contributed by atoms with van der Waals surface area (Å²) in [5.41, 5.74) is 10.9. The molecule has 23 heteroatoms. The van der Waals surface area contributed by atoms with Crippen LogP contribution >= 0.6 is 9.12 Å². The van der Waals surface area contributed by atoms with E-state index in [-0.39, 0.29) is 23.0 Å². The average molecular weight is 981 g/mol. The molecule has 0 radical (unpaired) electrons. The van der Waals surface area contributed by atoms with Gasteiger partial charge in [0.05, 0.1) is 60.2 Å². The standard InChI is InChI=1S/C24H22N6O3.C24H21N5O4.BH2OP.H3N.H2O/c25-23(31)21-14-18(7-8-26-21)33-17-5-6-19-16(13-17)15-27-24(28-19)29-20-3-1-2-4-22(20)30-9-11-32-12-10-30;30-23(31)21-14-18(7-8-25-21)33-17-5-6-19-16(13-17)15-26-24(27-19)28-20-3-1-2-4-22(20)29-9-11-32-12-10-29;2-1-3;;/h1-8,13-15H,9-12H2,(H2,25,31)(H,27,28,29);1-8,13-15H,9-12H2,(H,30,31)(H,26,27,28);3H2;1H3;1H2. The van der Waals surface area contributed by atoms with Gasteiger partial charge in [0.15, 0.2) is 5.69 Å². The number of carbonyl (C=O) groups is 2. The van der Waals surface area contributed by atoms with Crippen LogP contribution in [0.2, 0.25) is 0 Å². The van der Waals surface area contributed by atoms with E-state index >= 15 is 0 Å². The quantitative estimate of drug-likeness (QED) is 0.0624. The fourth-order valence-electron chi connectivity index (χ4n) is 7.30. The number of carboxylic acids is 1. The van der Waals surface area contributed by atoms with Crippen molar-refractivity contribution >= 4 is 84.3 Å². The van der Waals surface area contributed by atoms with Gasteiger partial charge >= 0.3 is 26.7 Å². The van der Waals surface area contributed by atoms with E-state index < -0.39 is 11.9 Å². The summed E-state index contributed by atoms with van der Waals surface area (Å²) in [6.07, 6.45) is 6.35. The predicted molar refractivity (Wildman–Crippen MR) is 273 cm³/mol. The predicted octanol–water partition coefficient (Wildman–Crippen LogP) is 6.76. The van der Waals surface area contributed by atoms with Gasteiger partial charge in [0, 0.05) is 73.9 Å². The molecular formula is C48H50BN12O9P. The van der Waals surface area contributed by atoms with E-state index in [2.05, 4.69) is 62.5 Å². The molecule has 0 bridgehead atoms. The van der Waals surface area contributed by atoms with E-state index in [1.807, 2.05) is 75.8 Å². The molecule has 0 saturated carbocycles. The zero-order valence-corrected chi connectivity index (χ0v) is 39.3. The number of pyridine rings is 2. The van der Waals surface area contributed by atoms with Crippen LogP contribution in [-0.2, 0) is 14.2 Å². The minimum absolute atomic E-state index is 0. The first-order valence-corrected chi connectivity index (χ1v) is 22.3. The number of aromatic nitrogens is 6. The van der Waals surface area contributed by atoms with Gasteiger partial charge in [-0.25, -0.2) is 29.7 Å². The number of primary amides is 1. The minimum atomic E-state index is -1.11. The fraction of sp³-hybridized carbons (Fsp3) is 0.167. The smallest absolute Gasteiger partial charge is 0.354 e. The average Bonchev–Trinajstić information content (AvgIpc) is 3.38. The molecule has 21 nitrogen and oxygen atoms in total. The number of nitrogens with zero attached hydrogens (tertiary/aromatic N) is 8. The Labute approximate surface area is 410 Å². The fourth-order valence-corrected chi connectivity index (χ4v) is 7.30. The Hall–Kier alpha value is -8.27. The first-order valence-electron chi connectivity index (χ1n) is 21.6. The molecule has 6 heterocycles. The molecule has 1 amide bonds. The summed E-state index contributed by atoms with van der Waals surface area (Å²) in [5.74, 6) is 1.29. The third-order valence-electron chi connectivity index (χ3n) is 10.5. The van der Waals surface area contributed by atoms with Crippen molar-refractivity contribution in [2.75, 3.05) is 73.0 Å². The number of aromatic carboxylic acids is 1. The molecular weight excluding hydrogens is 930 g/mol. The summed E-state index contributed by atoms with van der Waals surface area (Å²) in [7, 11) is 1.90. The third-order valence-corrected chi connectivity index (χ3v) is 10.5. The summed E-state index contributed by atoms with van der Waals surface area (Å²) in [6.45, 7) is 6.89. The van der Waals surface area contributed by atoms with Crippen LogP contribution in [0.5, 0.6) is 23.0 Å². The SMILES string of the molecule is N.NC(=O)c1cc(Oc2ccc3nc(Nc4ccccc4N4CCOCC4)ncc3c2)ccn1.O.O=BP.O=C(O)c1cc(Oc2ccc3nc(Nc4ccccc4N4CCOCC4)ncc3c2)ccn1. The zero-order chi connectivity index (χ0) is 48.0. The molecule has 10 N–H and O–H groups in total. The van der Waals surface area contributed by atoms with E-state index in [4.69, 9.17) is 34.5 Å². The third kappa shape index (κ3) is 13.9. The number of hydrogen-bond acceptors (Lipinski definition) is 18. The number of benzene rings is 4. The zero-order valence-electron chi connectivity index (χ0n) is 38.2. The Kier molecular flexibility index (Phi) is 18.6. The Morgan fingerprint density at radius 2 is 1.03 bits per heavy atom. The molecule has 364 valence electrons. The first-order chi connectivity index (χ1) is 33.7. The molecule has 2 fully saturated rings. The Bertz CT molecular complexity index is 2890. The second kappa shape index (κ2) is 25.4. The van der Waals surface area contributed by atoms with E-state index in [9.17, 15) is 9.59 Å². The molecule has 0 aliphatic carbocycles. The number of para-hydroxylation sites is 4. The van der Waals surface area contributed by atoms with Crippen LogP contribution in [0.25, 0.3) is 21.8 Å². The van der Waals surface area contributed by atoms with E-state index in [1.54, 1.807) is 30.6 Å². The van der Waals surface area contributed by atoms with Crippen LogP contribution in [0.15, 0.2) is 134 Å². The largest absolute Gasteiger partial charge is 0.477 e. The van der Waals surface area contributed by atoms with Gasteiger partial charge in [-0.2, -0.15) is 0 Å². The topological polar surface area (TPSA) is 309 Å². The van der Waals surface area contributed by atoms with Crippen molar-refractivity contribution < 1.29 is 43.8 Å². The number of amides is 1. The summed E-state index contributed by atoms with van der Waals surface area (Å²) in [5, 5.41) is 17.4. The number of carboxylic acid groups (broad SMARTS) is 1. The summed E-state index contributed by atoms with van der Waals surface area (Å²) in [6, 6.07) is 33.3. The van der Waals surface area contributed by atoms with Crippen molar-refractivity contribution in [3.05, 3.63) is 145 Å². The van der Waals surface area contributed by atoms with Crippen LogP contribution in [0, 0.1) is 0 Å². The molecule has 4 aromatic heterocycles. The van der Waals surface area contributed by atoms with Crippen LogP contribution in [0.4, 0.5) is 34.6 Å².